The molecule has 7 heteroatoms. The van der Waals surface area contributed by atoms with E-state index in [-0.39, 0.29) is 11.8 Å². The van der Waals surface area contributed by atoms with Crippen molar-refractivity contribution in [3.63, 3.8) is 0 Å². The number of aryl methyl sites for hydroxylation is 1. The van der Waals surface area contributed by atoms with Gasteiger partial charge in [0.2, 0.25) is 11.8 Å². The van der Waals surface area contributed by atoms with Crippen molar-refractivity contribution in [1.82, 2.24) is 9.88 Å². The van der Waals surface area contributed by atoms with Crippen LogP contribution in [-0.4, -0.2) is 39.4 Å². The molecule has 1 aliphatic rings. The average molecular weight is 431 g/mol. The Bertz CT molecular complexity index is 1100. The molecule has 1 saturated heterocycles. The maximum Gasteiger partial charge on any atom is 0.248 e. The maximum absolute atomic E-state index is 12.8. The molecule has 1 aliphatic heterocycles. The Morgan fingerprint density at radius 3 is 2.61 bits per heavy atom. The van der Waals surface area contributed by atoms with Crippen molar-refractivity contribution in [2.45, 2.75) is 18.9 Å². The number of aromatic amines is 1. The molecule has 0 saturated carbocycles. The predicted molar refractivity (Wildman–Crippen MR) is 122 cm³/mol. The summed E-state index contributed by atoms with van der Waals surface area (Å²) in [7, 11) is 0. The number of amides is 2. The molecule has 2 heterocycles. The van der Waals surface area contributed by atoms with E-state index in [0.29, 0.717) is 35.7 Å². The summed E-state index contributed by atoms with van der Waals surface area (Å²) < 4.78 is 0. The van der Waals surface area contributed by atoms with Gasteiger partial charge in [-0.3, -0.25) is 9.59 Å². The molecule has 0 radical (unpaired) electrons. The SMILES string of the molecule is N#Cc1ccc(NC(=O)C2CSCN2C(=O)CCc2ccc(-c3ccccc3)[nH]2)cc1. The van der Waals surface area contributed by atoms with Crippen LogP contribution >= 0.6 is 11.8 Å². The van der Waals surface area contributed by atoms with Crippen LogP contribution in [-0.2, 0) is 16.0 Å². The molecule has 0 bridgehead atoms. The molecule has 2 aromatic carbocycles. The second kappa shape index (κ2) is 9.54. The summed E-state index contributed by atoms with van der Waals surface area (Å²) in [5, 5.41) is 11.7. The first-order valence-corrected chi connectivity index (χ1v) is 11.2. The van der Waals surface area contributed by atoms with Gasteiger partial charge in [0, 0.05) is 29.2 Å². The van der Waals surface area contributed by atoms with Gasteiger partial charge >= 0.3 is 0 Å². The van der Waals surface area contributed by atoms with Gasteiger partial charge in [-0.1, -0.05) is 30.3 Å². The summed E-state index contributed by atoms with van der Waals surface area (Å²) in [5.74, 6) is 0.869. The van der Waals surface area contributed by atoms with Crippen molar-refractivity contribution in [2.75, 3.05) is 16.9 Å². The van der Waals surface area contributed by atoms with Gasteiger partial charge in [0.05, 0.1) is 17.5 Å². The molecule has 1 atom stereocenters. The van der Waals surface area contributed by atoms with Crippen molar-refractivity contribution < 1.29 is 9.59 Å². The predicted octanol–water partition coefficient (Wildman–Crippen LogP) is 4.03. The summed E-state index contributed by atoms with van der Waals surface area (Å²) in [5.41, 5.74) is 4.28. The standard InChI is InChI=1S/C24H22N4O2S/c25-14-17-6-8-20(9-7-17)27-24(30)22-15-31-16-28(22)23(29)13-11-19-10-12-21(26-19)18-4-2-1-3-5-18/h1-10,12,22,26H,11,13,15-16H2,(H,27,30). The number of nitriles is 1. The van der Waals surface area contributed by atoms with Crippen LogP contribution in [0.4, 0.5) is 5.69 Å². The van der Waals surface area contributed by atoms with E-state index in [2.05, 4.69) is 16.4 Å². The summed E-state index contributed by atoms with van der Waals surface area (Å²) in [6.45, 7) is 0. The summed E-state index contributed by atoms with van der Waals surface area (Å²) >= 11 is 1.58. The number of carbonyl (C=O) groups excluding carboxylic acids is 2. The highest BCUT2D eigenvalue weighted by Crippen LogP contribution is 2.24. The largest absolute Gasteiger partial charge is 0.358 e. The fourth-order valence-electron chi connectivity index (χ4n) is 3.52. The molecule has 0 aliphatic carbocycles. The van der Waals surface area contributed by atoms with Gasteiger partial charge in [0.1, 0.15) is 6.04 Å². The van der Waals surface area contributed by atoms with Gasteiger partial charge in [-0.05, 0) is 48.4 Å². The lowest BCUT2D eigenvalue weighted by molar-refractivity contribution is -0.136. The zero-order valence-electron chi connectivity index (χ0n) is 16.9. The molecule has 1 unspecified atom stereocenters. The van der Waals surface area contributed by atoms with Gasteiger partial charge in [-0.2, -0.15) is 5.26 Å². The van der Waals surface area contributed by atoms with Gasteiger partial charge in [0.25, 0.3) is 0 Å². The highest BCUT2D eigenvalue weighted by molar-refractivity contribution is 7.99. The first-order chi connectivity index (χ1) is 15.1. The van der Waals surface area contributed by atoms with Crippen LogP contribution in [0.2, 0.25) is 0 Å². The van der Waals surface area contributed by atoms with E-state index in [0.717, 1.165) is 17.0 Å². The third-order valence-electron chi connectivity index (χ3n) is 5.23. The number of hydrogen-bond donors (Lipinski definition) is 2. The van der Waals surface area contributed by atoms with Crippen LogP contribution in [0.15, 0.2) is 66.7 Å². The number of anilines is 1. The molecule has 2 amide bonds. The Kier molecular flexibility index (Phi) is 6.39. The lowest BCUT2D eigenvalue weighted by Gasteiger charge is -2.23. The number of H-pyrrole nitrogens is 1. The fraction of sp³-hybridized carbons (Fsp3) is 0.208. The number of hydrogen-bond acceptors (Lipinski definition) is 4. The van der Waals surface area contributed by atoms with Crippen LogP contribution in [0.1, 0.15) is 17.7 Å². The highest BCUT2D eigenvalue weighted by Gasteiger charge is 2.34. The van der Waals surface area contributed by atoms with E-state index in [1.165, 1.54) is 0 Å². The summed E-state index contributed by atoms with van der Waals surface area (Å²) in [6.07, 6.45) is 0.937. The molecule has 0 spiro atoms. The van der Waals surface area contributed by atoms with Crippen LogP contribution in [0, 0.1) is 11.3 Å². The number of rotatable bonds is 6. The first kappa shape index (κ1) is 20.8. The van der Waals surface area contributed by atoms with E-state index in [1.807, 2.05) is 42.5 Å². The molecular weight excluding hydrogens is 408 g/mol. The zero-order valence-corrected chi connectivity index (χ0v) is 17.7. The van der Waals surface area contributed by atoms with Gasteiger partial charge < -0.3 is 15.2 Å². The fourth-order valence-corrected chi connectivity index (χ4v) is 4.70. The highest BCUT2D eigenvalue weighted by atomic mass is 32.2. The second-order valence-electron chi connectivity index (χ2n) is 7.32. The molecule has 2 N–H and O–H groups in total. The Morgan fingerprint density at radius 2 is 1.87 bits per heavy atom. The van der Waals surface area contributed by atoms with Crippen LogP contribution in [0.5, 0.6) is 0 Å². The first-order valence-electron chi connectivity index (χ1n) is 10.1. The Morgan fingerprint density at radius 1 is 1.10 bits per heavy atom. The van der Waals surface area contributed by atoms with Crippen molar-refractivity contribution in [3.8, 4) is 17.3 Å². The van der Waals surface area contributed by atoms with Crippen molar-refractivity contribution in [1.29, 1.82) is 5.26 Å². The number of nitrogens with zero attached hydrogens (tertiary/aromatic N) is 2. The Labute approximate surface area is 185 Å². The topological polar surface area (TPSA) is 89.0 Å². The Hall–Kier alpha value is -3.50. The van der Waals surface area contributed by atoms with Crippen molar-refractivity contribution in [2.24, 2.45) is 0 Å². The Balaban J connectivity index is 1.34. The third-order valence-corrected chi connectivity index (χ3v) is 6.24. The zero-order chi connectivity index (χ0) is 21.6. The quantitative estimate of drug-likeness (QED) is 0.618. The molecule has 3 aromatic rings. The van der Waals surface area contributed by atoms with E-state index < -0.39 is 6.04 Å². The normalized spacial score (nSPS) is 15.5. The summed E-state index contributed by atoms with van der Waals surface area (Å²) in [6, 6.07) is 22.3. The van der Waals surface area contributed by atoms with E-state index in [1.54, 1.807) is 40.9 Å². The lowest BCUT2D eigenvalue weighted by Crippen LogP contribution is -2.44. The smallest absolute Gasteiger partial charge is 0.248 e. The van der Waals surface area contributed by atoms with Crippen molar-refractivity contribution >= 4 is 29.3 Å². The van der Waals surface area contributed by atoms with E-state index >= 15 is 0 Å². The second-order valence-corrected chi connectivity index (χ2v) is 8.32. The molecule has 4 rings (SSSR count). The number of aromatic nitrogens is 1. The molecule has 6 nitrogen and oxygen atoms in total. The molecular formula is C24H22N4O2S. The number of nitrogens with one attached hydrogen (secondary N) is 2. The van der Waals surface area contributed by atoms with Crippen LogP contribution in [0.25, 0.3) is 11.3 Å². The molecule has 156 valence electrons. The average Bonchev–Trinajstić information content (AvgIpc) is 3.49. The number of carbonyl (C=O) groups is 2. The van der Waals surface area contributed by atoms with Crippen LogP contribution < -0.4 is 5.32 Å². The monoisotopic (exact) mass is 430 g/mol. The van der Waals surface area contributed by atoms with Gasteiger partial charge in [-0.25, -0.2) is 0 Å². The van der Waals surface area contributed by atoms with Crippen molar-refractivity contribution in [3.05, 3.63) is 78.0 Å². The third kappa shape index (κ3) is 4.98. The minimum atomic E-state index is -0.489. The van der Waals surface area contributed by atoms with E-state index in [4.69, 9.17) is 5.26 Å². The van der Waals surface area contributed by atoms with Crippen LogP contribution in [0.3, 0.4) is 0 Å². The maximum atomic E-state index is 12.8. The number of thioether (sulfide) groups is 1. The molecule has 1 fully saturated rings. The molecule has 1 aromatic heterocycles. The lowest BCUT2D eigenvalue weighted by atomic mass is 10.2. The van der Waals surface area contributed by atoms with Gasteiger partial charge in [-0.15, -0.1) is 11.8 Å². The van der Waals surface area contributed by atoms with Gasteiger partial charge in [0.15, 0.2) is 0 Å². The minimum absolute atomic E-state index is 0.0270. The number of benzene rings is 2. The minimum Gasteiger partial charge on any atom is -0.358 e. The summed E-state index contributed by atoms with van der Waals surface area (Å²) in [4.78, 5) is 30.6. The van der Waals surface area contributed by atoms with E-state index in [9.17, 15) is 9.59 Å². The molecule has 31 heavy (non-hydrogen) atoms.